The fraction of sp³-hybridized carbons (Fsp3) is 0.639. The Hall–Kier alpha value is -2.53. The molecule has 9 atom stereocenters. The van der Waals surface area contributed by atoms with Gasteiger partial charge in [-0.25, -0.2) is 0 Å². The van der Waals surface area contributed by atoms with Crippen LogP contribution in [0.25, 0.3) is 0 Å². The molecule has 0 heterocycles. The third-order valence-electron chi connectivity index (χ3n) is 13.2. The van der Waals surface area contributed by atoms with Gasteiger partial charge in [-0.1, -0.05) is 19.9 Å². The molecule has 5 fully saturated rings. The van der Waals surface area contributed by atoms with E-state index in [-0.39, 0.29) is 22.5 Å². The van der Waals surface area contributed by atoms with Crippen LogP contribution in [0.5, 0.6) is 5.75 Å². The lowest BCUT2D eigenvalue weighted by Gasteiger charge is -2.54. The summed E-state index contributed by atoms with van der Waals surface area (Å²) in [5, 5.41) is 20.8. The van der Waals surface area contributed by atoms with Crippen LogP contribution in [0.4, 0.5) is 0 Å². The Morgan fingerprint density at radius 2 is 1.41 bits per heavy atom. The summed E-state index contributed by atoms with van der Waals surface area (Å²) in [5.74, 6) is 4.20. The maximum Gasteiger partial charge on any atom is 0.178 e. The summed E-state index contributed by atoms with van der Waals surface area (Å²) in [6.45, 7) is 4.36. The van der Waals surface area contributed by atoms with Crippen LogP contribution in [0.2, 0.25) is 0 Å². The van der Waals surface area contributed by atoms with Gasteiger partial charge >= 0.3 is 0 Å². The molecule has 0 aliphatic heterocycles. The van der Waals surface area contributed by atoms with E-state index in [4.69, 9.17) is 0 Å². The quantitative estimate of drug-likeness (QED) is 0.386. The van der Waals surface area contributed by atoms with Crippen molar-refractivity contribution in [1.29, 1.82) is 0 Å². The highest BCUT2D eigenvalue weighted by molar-refractivity contribution is 6.01. The SMILES string of the molecule is C[C@]12CCC3C(CCC4=CC(=O)C=C[C@@]43O)C1CCC2=O.C[C@]12CCC3c4ccc(O)cc4CCC3C1CCC2=O. The van der Waals surface area contributed by atoms with E-state index in [0.717, 1.165) is 69.8 Å². The highest BCUT2D eigenvalue weighted by Crippen LogP contribution is 2.61. The van der Waals surface area contributed by atoms with Crippen molar-refractivity contribution in [1.82, 2.24) is 0 Å². The molecule has 0 amide bonds. The van der Waals surface area contributed by atoms with Crippen LogP contribution in [0, 0.1) is 40.4 Å². The second kappa shape index (κ2) is 9.49. The molecule has 1 aromatic rings. The minimum Gasteiger partial charge on any atom is -0.508 e. The summed E-state index contributed by atoms with van der Waals surface area (Å²) >= 11 is 0. The van der Waals surface area contributed by atoms with Crippen molar-refractivity contribution in [3.63, 3.8) is 0 Å². The standard InChI is InChI=1S/C18H22O3.C18H22O2/c1-17-8-7-15-13(14(17)4-5-16(17)20)3-2-11-10-12(19)6-9-18(11,15)21;1-18-9-8-14-13-5-3-12(19)10-11(13)2-4-15(14)16(18)6-7-17(18)20/h6,9-10,13-15,21H,2-5,7-8H2,1H3;3,5,10,14-16,19H,2,4,6-9H2,1H3/t13?,14?,15?,17-,18+;14?,15?,16?,18-/m00/s1. The lowest BCUT2D eigenvalue weighted by Crippen LogP contribution is -2.54. The summed E-state index contributed by atoms with van der Waals surface area (Å²) in [6.07, 6.45) is 16.5. The van der Waals surface area contributed by atoms with Gasteiger partial charge in [-0.2, -0.15) is 0 Å². The zero-order chi connectivity index (χ0) is 28.7. The van der Waals surface area contributed by atoms with Gasteiger partial charge in [-0.15, -0.1) is 0 Å². The zero-order valence-corrected chi connectivity index (χ0v) is 24.5. The summed E-state index contributed by atoms with van der Waals surface area (Å²) in [4.78, 5) is 36.1. The molecule has 0 radical (unpaired) electrons. The summed E-state index contributed by atoms with van der Waals surface area (Å²) in [6, 6.07) is 5.90. The van der Waals surface area contributed by atoms with E-state index >= 15 is 0 Å². The number of phenolic OH excluding ortho intramolecular Hbond substituents is 1. The van der Waals surface area contributed by atoms with Crippen LogP contribution in [-0.4, -0.2) is 33.2 Å². The molecule has 1 aromatic carbocycles. The molecule has 5 heteroatoms. The van der Waals surface area contributed by atoms with Gasteiger partial charge in [0.2, 0.25) is 0 Å². The minimum absolute atomic E-state index is 0.00943. The number of carbonyl (C=O) groups excluding carboxylic acids is 3. The molecule has 5 saturated carbocycles. The molecule has 2 N–H and O–H groups in total. The number of aliphatic hydroxyl groups is 1. The van der Waals surface area contributed by atoms with E-state index in [1.165, 1.54) is 23.6 Å². The molecule has 41 heavy (non-hydrogen) atoms. The average molecular weight is 557 g/mol. The Balaban J connectivity index is 0.000000135. The third-order valence-corrected chi connectivity index (χ3v) is 13.2. The van der Waals surface area contributed by atoms with Crippen LogP contribution in [0.3, 0.4) is 0 Å². The normalized spacial score (nSPS) is 43.9. The third kappa shape index (κ3) is 4.01. The number of aromatic hydroxyl groups is 1. The average Bonchev–Trinajstić information content (AvgIpc) is 3.43. The molecule has 5 nitrogen and oxygen atoms in total. The Bertz CT molecular complexity index is 1370. The summed E-state index contributed by atoms with van der Waals surface area (Å²) < 4.78 is 0. The number of rotatable bonds is 0. The van der Waals surface area contributed by atoms with Gasteiger partial charge in [-0.3, -0.25) is 14.4 Å². The van der Waals surface area contributed by atoms with E-state index in [1.54, 1.807) is 12.2 Å². The Morgan fingerprint density at radius 3 is 2.15 bits per heavy atom. The van der Waals surface area contributed by atoms with Gasteiger partial charge in [0.25, 0.3) is 0 Å². The molecule has 0 aromatic heterocycles. The number of phenols is 1. The zero-order valence-electron chi connectivity index (χ0n) is 24.5. The molecule has 7 aliphatic carbocycles. The first kappa shape index (κ1) is 27.3. The monoisotopic (exact) mass is 556 g/mol. The van der Waals surface area contributed by atoms with E-state index in [2.05, 4.69) is 19.9 Å². The van der Waals surface area contributed by atoms with Gasteiger partial charge in [0.1, 0.15) is 22.9 Å². The highest BCUT2D eigenvalue weighted by Gasteiger charge is 2.59. The van der Waals surface area contributed by atoms with E-state index in [1.807, 2.05) is 12.1 Å². The van der Waals surface area contributed by atoms with Gasteiger partial charge in [0, 0.05) is 23.7 Å². The number of hydrogen-bond acceptors (Lipinski definition) is 5. The van der Waals surface area contributed by atoms with Crippen molar-refractivity contribution in [2.45, 2.75) is 102 Å². The summed E-state index contributed by atoms with van der Waals surface area (Å²) in [7, 11) is 0. The number of hydrogen-bond donors (Lipinski definition) is 2. The Labute approximate surface area is 243 Å². The number of aryl methyl sites for hydroxylation is 1. The first-order valence-corrected chi connectivity index (χ1v) is 16.1. The van der Waals surface area contributed by atoms with Gasteiger partial charge in [-0.05, 0) is 147 Å². The largest absolute Gasteiger partial charge is 0.508 e. The summed E-state index contributed by atoms with van der Waals surface area (Å²) in [5.41, 5.74) is 2.54. The number of fused-ring (bicyclic) bond motifs is 10. The molecule has 0 bridgehead atoms. The van der Waals surface area contributed by atoms with Crippen molar-refractivity contribution in [2.75, 3.05) is 0 Å². The molecule has 218 valence electrons. The molecule has 8 rings (SSSR count). The number of allylic oxidation sites excluding steroid dienone is 2. The van der Waals surface area contributed by atoms with Crippen LogP contribution in [0.1, 0.15) is 102 Å². The van der Waals surface area contributed by atoms with Crippen molar-refractivity contribution in [3.05, 3.63) is 53.1 Å². The van der Waals surface area contributed by atoms with Crippen LogP contribution in [0.15, 0.2) is 42.0 Å². The fourth-order valence-corrected chi connectivity index (χ4v) is 11.0. The van der Waals surface area contributed by atoms with Gasteiger partial charge in [0.15, 0.2) is 5.78 Å². The number of benzene rings is 1. The number of Topliss-reactive ketones (excluding diaryl/α,β-unsaturated/α-hetero) is 2. The Kier molecular flexibility index (Phi) is 6.32. The number of carbonyl (C=O) groups is 3. The van der Waals surface area contributed by atoms with Crippen LogP contribution >= 0.6 is 0 Å². The second-order valence-corrected chi connectivity index (χ2v) is 14.8. The van der Waals surface area contributed by atoms with Crippen molar-refractivity contribution in [3.8, 4) is 5.75 Å². The minimum atomic E-state index is -0.941. The molecule has 6 unspecified atom stereocenters. The topological polar surface area (TPSA) is 91.7 Å². The highest BCUT2D eigenvalue weighted by atomic mass is 16.3. The first-order valence-electron chi connectivity index (χ1n) is 16.1. The smallest absolute Gasteiger partial charge is 0.178 e. The van der Waals surface area contributed by atoms with E-state index < -0.39 is 5.60 Å². The first-order chi connectivity index (χ1) is 19.5. The second-order valence-electron chi connectivity index (χ2n) is 14.8. The fourth-order valence-electron chi connectivity index (χ4n) is 11.0. The van der Waals surface area contributed by atoms with Gasteiger partial charge < -0.3 is 10.2 Å². The van der Waals surface area contributed by atoms with E-state index in [9.17, 15) is 24.6 Å². The van der Waals surface area contributed by atoms with Crippen molar-refractivity contribution >= 4 is 17.3 Å². The molecular weight excluding hydrogens is 512 g/mol. The van der Waals surface area contributed by atoms with Crippen LogP contribution in [-0.2, 0) is 20.8 Å². The lowest BCUT2D eigenvalue weighted by atomic mass is 9.51. The maximum atomic E-state index is 12.3. The molecule has 0 saturated heterocycles. The van der Waals surface area contributed by atoms with Gasteiger partial charge in [0.05, 0.1) is 0 Å². The molecule has 0 spiro atoms. The molecule has 7 aliphatic rings. The predicted molar refractivity (Wildman–Crippen MR) is 156 cm³/mol. The van der Waals surface area contributed by atoms with Crippen LogP contribution < -0.4 is 0 Å². The van der Waals surface area contributed by atoms with Crippen molar-refractivity contribution < 1.29 is 24.6 Å². The Morgan fingerprint density at radius 1 is 0.756 bits per heavy atom. The lowest BCUT2D eigenvalue weighted by molar-refractivity contribution is -0.134. The van der Waals surface area contributed by atoms with Crippen molar-refractivity contribution in [2.24, 2.45) is 40.4 Å². The number of ketones is 3. The maximum absolute atomic E-state index is 12.3. The molecular formula is C36H44O5. The predicted octanol–water partition coefficient (Wildman–Crippen LogP) is 6.41. The van der Waals surface area contributed by atoms with E-state index in [0.29, 0.717) is 53.3 Å².